The maximum Gasteiger partial charge on any atom is 0.227 e. The molecule has 0 spiro atoms. The van der Waals surface area contributed by atoms with Gasteiger partial charge in [-0.3, -0.25) is 4.79 Å². The molecular weight excluding hydrogens is 184 g/mol. The van der Waals surface area contributed by atoms with Gasteiger partial charge in [0.05, 0.1) is 6.61 Å². The van der Waals surface area contributed by atoms with E-state index in [-0.39, 0.29) is 23.5 Å². The molecule has 78 valence electrons. The lowest BCUT2D eigenvalue weighted by atomic mass is 10.2. The number of hydrogen-bond donors (Lipinski definition) is 1. The third-order valence-electron chi connectivity index (χ3n) is 1.58. The molecule has 0 aliphatic rings. The summed E-state index contributed by atoms with van der Waals surface area (Å²) in [7, 11) is 0. The highest BCUT2D eigenvalue weighted by molar-refractivity contribution is 5.17. The fraction of sp³-hybridized carbons (Fsp3) is 0.500. The molecule has 4 nitrogen and oxygen atoms in total. The first-order valence-electron chi connectivity index (χ1n) is 4.49. The Kier molecular flexibility index (Phi) is 3.71. The number of hydrogen-bond acceptors (Lipinski definition) is 4. The second-order valence-corrected chi connectivity index (χ2v) is 3.44. The molecule has 0 saturated heterocycles. The molecule has 0 bridgehead atoms. The van der Waals surface area contributed by atoms with Gasteiger partial charge in [-0.15, -0.1) is 0 Å². The zero-order valence-electron chi connectivity index (χ0n) is 8.32. The van der Waals surface area contributed by atoms with Crippen LogP contribution in [0.4, 0.5) is 0 Å². The molecule has 1 N–H and O–H groups in total. The molecule has 1 rings (SSSR count). The highest BCUT2D eigenvalue weighted by atomic mass is 16.5. The lowest BCUT2D eigenvalue weighted by Crippen LogP contribution is -2.12. The van der Waals surface area contributed by atoms with Gasteiger partial charge in [-0.05, 0) is 5.92 Å². The van der Waals surface area contributed by atoms with Crippen molar-refractivity contribution in [3.63, 3.8) is 0 Å². The summed E-state index contributed by atoms with van der Waals surface area (Å²) in [5, 5.41) is 8.70. The van der Waals surface area contributed by atoms with Crippen LogP contribution in [-0.4, -0.2) is 11.7 Å². The Bertz CT molecular complexity index is 340. The molecule has 1 aromatic rings. The molecule has 0 unspecified atom stereocenters. The van der Waals surface area contributed by atoms with Crippen molar-refractivity contribution < 1.29 is 14.3 Å². The van der Waals surface area contributed by atoms with E-state index in [9.17, 15) is 4.79 Å². The van der Waals surface area contributed by atoms with Crippen molar-refractivity contribution in [3.05, 3.63) is 28.3 Å². The van der Waals surface area contributed by atoms with E-state index in [4.69, 9.17) is 14.3 Å². The SMILES string of the molecule is CC(C)COc1coc(CO)cc1=O. The van der Waals surface area contributed by atoms with E-state index in [1.807, 2.05) is 13.8 Å². The maximum atomic E-state index is 11.3. The highest BCUT2D eigenvalue weighted by Gasteiger charge is 2.04. The van der Waals surface area contributed by atoms with E-state index in [1.165, 1.54) is 12.3 Å². The molecule has 0 aromatic carbocycles. The van der Waals surface area contributed by atoms with Crippen molar-refractivity contribution in [2.75, 3.05) is 6.61 Å². The van der Waals surface area contributed by atoms with Gasteiger partial charge in [0, 0.05) is 6.07 Å². The molecule has 14 heavy (non-hydrogen) atoms. The van der Waals surface area contributed by atoms with E-state index >= 15 is 0 Å². The summed E-state index contributed by atoms with van der Waals surface area (Å²) in [6.45, 7) is 4.18. The van der Waals surface area contributed by atoms with E-state index in [2.05, 4.69) is 0 Å². The van der Waals surface area contributed by atoms with Gasteiger partial charge in [0.15, 0.2) is 0 Å². The fourth-order valence-electron chi connectivity index (χ4n) is 0.883. The van der Waals surface area contributed by atoms with Crippen LogP contribution in [0, 0.1) is 5.92 Å². The molecule has 0 amide bonds. The number of rotatable bonds is 4. The quantitative estimate of drug-likeness (QED) is 0.788. The highest BCUT2D eigenvalue weighted by Crippen LogP contribution is 2.07. The van der Waals surface area contributed by atoms with Crippen LogP contribution in [-0.2, 0) is 6.61 Å². The van der Waals surface area contributed by atoms with Crippen molar-refractivity contribution in [1.29, 1.82) is 0 Å². The number of ether oxygens (including phenoxy) is 1. The summed E-state index contributed by atoms with van der Waals surface area (Å²) >= 11 is 0. The molecule has 1 aromatic heterocycles. The Hall–Kier alpha value is -1.29. The minimum atomic E-state index is -0.278. The first kappa shape index (κ1) is 10.8. The van der Waals surface area contributed by atoms with E-state index in [0.717, 1.165) is 0 Å². The fourth-order valence-corrected chi connectivity index (χ4v) is 0.883. The maximum absolute atomic E-state index is 11.3. The van der Waals surface area contributed by atoms with Gasteiger partial charge in [0.2, 0.25) is 11.2 Å². The third kappa shape index (κ3) is 2.88. The Morgan fingerprint density at radius 1 is 1.57 bits per heavy atom. The van der Waals surface area contributed by atoms with Crippen molar-refractivity contribution >= 4 is 0 Å². The molecule has 0 aliphatic heterocycles. The summed E-state index contributed by atoms with van der Waals surface area (Å²) in [6, 6.07) is 1.23. The van der Waals surface area contributed by atoms with Gasteiger partial charge in [-0.1, -0.05) is 13.8 Å². The molecular formula is C10H14O4. The van der Waals surface area contributed by atoms with Gasteiger partial charge in [-0.2, -0.15) is 0 Å². The van der Waals surface area contributed by atoms with Crippen molar-refractivity contribution in [1.82, 2.24) is 0 Å². The smallest absolute Gasteiger partial charge is 0.227 e. The van der Waals surface area contributed by atoms with Gasteiger partial charge in [0.1, 0.15) is 18.6 Å². The molecule has 0 atom stereocenters. The molecule has 0 aliphatic carbocycles. The van der Waals surface area contributed by atoms with E-state index in [0.29, 0.717) is 12.5 Å². The van der Waals surface area contributed by atoms with Crippen molar-refractivity contribution in [3.8, 4) is 5.75 Å². The normalized spacial score (nSPS) is 10.6. The average Bonchev–Trinajstić information content (AvgIpc) is 2.15. The lowest BCUT2D eigenvalue weighted by molar-refractivity contribution is 0.231. The Morgan fingerprint density at radius 2 is 2.29 bits per heavy atom. The number of aliphatic hydroxyl groups is 1. The first-order valence-corrected chi connectivity index (χ1v) is 4.49. The molecule has 0 fully saturated rings. The Labute approximate surface area is 82.1 Å². The monoisotopic (exact) mass is 198 g/mol. The van der Waals surface area contributed by atoms with E-state index < -0.39 is 0 Å². The zero-order chi connectivity index (χ0) is 10.6. The molecule has 4 heteroatoms. The Morgan fingerprint density at radius 3 is 2.79 bits per heavy atom. The van der Waals surface area contributed by atoms with Crippen LogP contribution < -0.4 is 10.2 Å². The van der Waals surface area contributed by atoms with Crippen LogP contribution in [0.25, 0.3) is 0 Å². The van der Waals surface area contributed by atoms with Crippen LogP contribution in [0.1, 0.15) is 19.6 Å². The second kappa shape index (κ2) is 4.81. The van der Waals surface area contributed by atoms with Crippen LogP contribution in [0.15, 0.2) is 21.5 Å². The predicted octanol–water partition coefficient (Wildman–Crippen LogP) is 1.17. The number of aliphatic hydroxyl groups excluding tert-OH is 1. The van der Waals surface area contributed by atoms with Crippen molar-refractivity contribution in [2.24, 2.45) is 5.92 Å². The van der Waals surface area contributed by atoms with Crippen LogP contribution in [0.2, 0.25) is 0 Å². The summed E-state index contributed by atoms with van der Waals surface area (Å²) < 4.78 is 10.2. The van der Waals surface area contributed by atoms with Crippen LogP contribution in [0.5, 0.6) is 5.75 Å². The van der Waals surface area contributed by atoms with Crippen molar-refractivity contribution in [2.45, 2.75) is 20.5 Å². The molecule has 1 heterocycles. The minimum Gasteiger partial charge on any atom is -0.486 e. The van der Waals surface area contributed by atoms with Crippen LogP contribution >= 0.6 is 0 Å². The molecule has 0 saturated carbocycles. The topological polar surface area (TPSA) is 59.7 Å². The van der Waals surface area contributed by atoms with Gasteiger partial charge >= 0.3 is 0 Å². The van der Waals surface area contributed by atoms with E-state index in [1.54, 1.807) is 0 Å². The second-order valence-electron chi connectivity index (χ2n) is 3.44. The standard InChI is InChI=1S/C10H14O4/c1-7(2)5-14-10-6-13-8(4-11)3-9(10)12/h3,6-7,11H,4-5H2,1-2H3. The first-order chi connectivity index (χ1) is 6.63. The zero-order valence-corrected chi connectivity index (χ0v) is 8.32. The van der Waals surface area contributed by atoms with Crippen LogP contribution in [0.3, 0.4) is 0 Å². The predicted molar refractivity (Wildman–Crippen MR) is 51.2 cm³/mol. The summed E-state index contributed by atoms with van der Waals surface area (Å²) in [6.07, 6.45) is 1.23. The summed E-state index contributed by atoms with van der Waals surface area (Å²) in [5.74, 6) is 0.787. The third-order valence-corrected chi connectivity index (χ3v) is 1.58. The summed E-state index contributed by atoms with van der Waals surface area (Å²) in [4.78, 5) is 11.3. The lowest BCUT2D eigenvalue weighted by Gasteiger charge is -2.07. The average molecular weight is 198 g/mol. The molecule has 0 radical (unpaired) electrons. The van der Waals surface area contributed by atoms with Gasteiger partial charge < -0.3 is 14.3 Å². The van der Waals surface area contributed by atoms with Gasteiger partial charge in [-0.25, -0.2) is 0 Å². The largest absolute Gasteiger partial charge is 0.486 e. The van der Waals surface area contributed by atoms with Gasteiger partial charge in [0.25, 0.3) is 0 Å². The summed E-state index contributed by atoms with van der Waals surface area (Å²) in [5.41, 5.74) is -0.263. The Balaban J connectivity index is 2.74. The minimum absolute atomic E-state index is 0.191.